The van der Waals surface area contributed by atoms with Crippen LogP contribution in [0.3, 0.4) is 0 Å². The fourth-order valence-corrected chi connectivity index (χ4v) is 3.30. The first kappa shape index (κ1) is 15.3. The lowest BCUT2D eigenvalue weighted by Gasteiger charge is -2.34. The molecule has 1 aliphatic heterocycles. The smallest absolute Gasteiger partial charge is 0.336 e. The van der Waals surface area contributed by atoms with E-state index < -0.39 is 45.1 Å². The van der Waals surface area contributed by atoms with E-state index in [-0.39, 0.29) is 12.8 Å². The van der Waals surface area contributed by atoms with E-state index in [1.165, 1.54) is 0 Å². The highest BCUT2D eigenvalue weighted by molar-refractivity contribution is 7.84. The van der Waals surface area contributed by atoms with E-state index in [1.807, 2.05) is 0 Å². The third-order valence-corrected chi connectivity index (χ3v) is 4.10. The Kier molecular flexibility index (Phi) is 4.30. The highest BCUT2D eigenvalue weighted by Crippen LogP contribution is 2.20. The van der Waals surface area contributed by atoms with Crippen LogP contribution in [0.2, 0.25) is 0 Å². The largest absolute Gasteiger partial charge is 0.368 e. The van der Waals surface area contributed by atoms with Gasteiger partial charge >= 0.3 is 20.6 Å². The number of hydrogen-bond donors (Lipinski definition) is 4. The Morgan fingerprint density at radius 3 is 2.17 bits per heavy atom. The minimum Gasteiger partial charge on any atom is -0.368 e. The number of hydrogen-bond acceptors (Lipinski definition) is 5. The monoisotopic (exact) mass is 303 g/mol. The fourth-order valence-electron chi connectivity index (χ4n) is 1.78. The molecule has 0 unspecified atom stereocenters. The molecule has 0 spiro atoms. The lowest BCUT2D eigenvalue weighted by Crippen LogP contribution is -2.57. The van der Waals surface area contributed by atoms with Gasteiger partial charge in [0.1, 0.15) is 6.04 Å². The maximum absolute atomic E-state index is 11.0. The van der Waals surface area contributed by atoms with E-state index in [9.17, 15) is 21.6 Å². The van der Waals surface area contributed by atoms with Crippen molar-refractivity contribution >= 4 is 26.5 Å². The van der Waals surface area contributed by atoms with E-state index in [2.05, 4.69) is 0 Å². The summed E-state index contributed by atoms with van der Waals surface area (Å²) in [5.74, 6) is -0.946. The van der Waals surface area contributed by atoms with Crippen LogP contribution < -0.4 is 10.5 Å². The molecule has 0 radical (unpaired) electrons. The second-order valence-electron chi connectivity index (χ2n) is 3.83. The molecule has 5 N–H and O–H groups in total. The molecule has 2 atom stereocenters. The molecule has 0 aromatic rings. The van der Waals surface area contributed by atoms with E-state index in [0.29, 0.717) is 4.31 Å². The van der Waals surface area contributed by atoms with Crippen molar-refractivity contribution < 1.29 is 30.7 Å². The zero-order valence-electron chi connectivity index (χ0n) is 9.05. The number of carbonyl (C=O) groups is 1. The first-order valence-corrected chi connectivity index (χ1v) is 7.62. The van der Waals surface area contributed by atoms with Crippen LogP contribution in [0.5, 0.6) is 0 Å². The summed E-state index contributed by atoms with van der Waals surface area (Å²) in [7, 11) is -9.19. The Hall–Kier alpha value is -0.790. The molecular formula is C6H13N3O7S2. The Morgan fingerprint density at radius 1 is 1.22 bits per heavy atom. The maximum atomic E-state index is 11.0. The van der Waals surface area contributed by atoms with Crippen LogP contribution in [0.15, 0.2) is 0 Å². The molecule has 1 aliphatic rings. The third-order valence-electron chi connectivity index (χ3n) is 2.48. The fraction of sp³-hybridized carbons (Fsp3) is 0.833. The topological polar surface area (TPSA) is 167 Å². The van der Waals surface area contributed by atoms with Gasteiger partial charge in [-0.2, -0.15) is 25.9 Å². The number of carbonyl (C=O) groups excluding carboxylic acids is 1. The van der Waals surface area contributed by atoms with E-state index in [1.54, 1.807) is 4.72 Å². The lowest BCUT2D eigenvalue weighted by atomic mass is 10.0. The summed E-state index contributed by atoms with van der Waals surface area (Å²) in [4.78, 5) is 11.0. The van der Waals surface area contributed by atoms with Gasteiger partial charge in [0.25, 0.3) is 0 Å². The first-order valence-electron chi connectivity index (χ1n) is 4.79. The first-order chi connectivity index (χ1) is 8.00. The van der Waals surface area contributed by atoms with Crippen molar-refractivity contribution in [3.8, 4) is 0 Å². The zero-order valence-corrected chi connectivity index (χ0v) is 10.7. The average molecular weight is 303 g/mol. The summed E-state index contributed by atoms with van der Waals surface area (Å²) in [6, 6.07) is -2.18. The second-order valence-corrected chi connectivity index (χ2v) is 6.38. The Labute approximate surface area is 104 Å². The zero-order chi connectivity index (χ0) is 14.1. The summed E-state index contributed by atoms with van der Waals surface area (Å²) >= 11 is 0. The van der Waals surface area contributed by atoms with Crippen LogP contribution in [-0.4, -0.2) is 54.8 Å². The van der Waals surface area contributed by atoms with Crippen molar-refractivity contribution in [2.75, 3.05) is 6.54 Å². The van der Waals surface area contributed by atoms with E-state index in [4.69, 9.17) is 14.8 Å². The van der Waals surface area contributed by atoms with Crippen LogP contribution in [0.25, 0.3) is 0 Å². The third kappa shape index (κ3) is 4.15. The van der Waals surface area contributed by atoms with Crippen molar-refractivity contribution in [2.24, 2.45) is 5.73 Å². The summed E-state index contributed by atoms with van der Waals surface area (Å²) in [5.41, 5.74) is 4.98. The number of nitrogens with one attached hydrogen (secondary N) is 1. The number of amides is 1. The molecule has 1 fully saturated rings. The molecule has 18 heavy (non-hydrogen) atoms. The second kappa shape index (κ2) is 5.07. The molecule has 10 nitrogen and oxygen atoms in total. The molecule has 1 rings (SSSR count). The van der Waals surface area contributed by atoms with Gasteiger partial charge in [-0.15, -0.1) is 0 Å². The standard InChI is InChI=1S/C6H13N3O7S2/c7-6(10)5-2-1-4(8-17(11,12)13)3-9(5)18(14,15)16/h4-5,8H,1-3H2,(H2,7,10)(H,11,12,13)(H,14,15,16)/t4-,5+/m1/s1. The van der Waals surface area contributed by atoms with Gasteiger partial charge < -0.3 is 5.73 Å². The maximum Gasteiger partial charge on any atom is 0.336 e. The minimum absolute atomic E-state index is 0.0672. The van der Waals surface area contributed by atoms with E-state index in [0.717, 1.165) is 0 Å². The summed E-state index contributed by atoms with van der Waals surface area (Å²) in [5, 5.41) is 0. The highest BCUT2D eigenvalue weighted by atomic mass is 32.2. The normalized spacial score (nSPS) is 27.0. The van der Waals surface area contributed by atoms with Crippen LogP contribution in [0.4, 0.5) is 0 Å². The van der Waals surface area contributed by atoms with Gasteiger partial charge in [-0.25, -0.2) is 0 Å². The van der Waals surface area contributed by atoms with Crippen LogP contribution in [0, 0.1) is 0 Å². The SMILES string of the molecule is NC(=O)[C@@H]1CC[C@@H](NS(=O)(=O)O)CN1S(=O)(=O)O. The van der Waals surface area contributed by atoms with Crippen molar-refractivity contribution in [1.29, 1.82) is 0 Å². The molecule has 0 aliphatic carbocycles. The summed E-state index contributed by atoms with van der Waals surface area (Å²) in [6.45, 7) is -0.494. The van der Waals surface area contributed by atoms with Gasteiger partial charge in [0.15, 0.2) is 0 Å². The molecule has 0 aromatic heterocycles. The molecule has 1 amide bonds. The molecule has 0 bridgehead atoms. The molecular weight excluding hydrogens is 290 g/mol. The molecule has 0 saturated carbocycles. The summed E-state index contributed by atoms with van der Waals surface area (Å²) in [6.07, 6.45) is 0.0295. The predicted octanol–water partition coefficient (Wildman–Crippen LogP) is -2.50. The van der Waals surface area contributed by atoms with Crippen molar-refractivity contribution in [3.05, 3.63) is 0 Å². The number of rotatable bonds is 4. The van der Waals surface area contributed by atoms with Gasteiger partial charge in [-0.05, 0) is 12.8 Å². The van der Waals surface area contributed by atoms with Crippen molar-refractivity contribution in [1.82, 2.24) is 9.03 Å². The van der Waals surface area contributed by atoms with Gasteiger partial charge in [-0.1, -0.05) is 0 Å². The van der Waals surface area contributed by atoms with Crippen LogP contribution in [0.1, 0.15) is 12.8 Å². The summed E-state index contributed by atoms with van der Waals surface area (Å²) < 4.78 is 62.9. The minimum atomic E-state index is -4.69. The number of primary amides is 1. The lowest BCUT2D eigenvalue weighted by molar-refractivity contribution is -0.122. The highest BCUT2D eigenvalue weighted by Gasteiger charge is 2.39. The van der Waals surface area contributed by atoms with Crippen LogP contribution >= 0.6 is 0 Å². The van der Waals surface area contributed by atoms with Crippen LogP contribution in [-0.2, 0) is 25.4 Å². The van der Waals surface area contributed by atoms with Gasteiger partial charge in [-0.3, -0.25) is 13.9 Å². The van der Waals surface area contributed by atoms with Crippen molar-refractivity contribution in [2.45, 2.75) is 24.9 Å². The Balaban J connectivity index is 2.90. The molecule has 12 heteroatoms. The number of nitrogens with zero attached hydrogens (tertiary/aromatic N) is 1. The number of piperidine rings is 1. The molecule has 106 valence electrons. The molecule has 0 aromatic carbocycles. The van der Waals surface area contributed by atoms with Gasteiger partial charge in [0.2, 0.25) is 5.91 Å². The van der Waals surface area contributed by atoms with Crippen molar-refractivity contribution in [3.63, 3.8) is 0 Å². The van der Waals surface area contributed by atoms with Gasteiger partial charge in [0.05, 0.1) is 0 Å². The molecule has 1 heterocycles. The quantitative estimate of drug-likeness (QED) is 0.416. The van der Waals surface area contributed by atoms with E-state index >= 15 is 0 Å². The Morgan fingerprint density at radius 2 is 1.78 bits per heavy atom. The Bertz CT molecular complexity index is 527. The number of nitrogens with two attached hydrogens (primary N) is 1. The molecule has 1 saturated heterocycles. The van der Waals surface area contributed by atoms with Gasteiger partial charge in [0, 0.05) is 12.6 Å². The predicted molar refractivity (Wildman–Crippen MR) is 58.9 cm³/mol. The average Bonchev–Trinajstić information content (AvgIpc) is 2.13.